The summed E-state index contributed by atoms with van der Waals surface area (Å²) in [6, 6.07) is 1.07. The molecule has 2 aromatic heterocycles. The predicted molar refractivity (Wildman–Crippen MR) is 79.0 cm³/mol. The van der Waals surface area contributed by atoms with E-state index in [9.17, 15) is 27.9 Å². The normalized spacial score (nSPS) is 20.3. The van der Waals surface area contributed by atoms with Gasteiger partial charge in [0.15, 0.2) is 0 Å². The second-order valence-corrected chi connectivity index (χ2v) is 6.17. The van der Waals surface area contributed by atoms with E-state index in [1.54, 1.807) is 0 Å². The van der Waals surface area contributed by atoms with Gasteiger partial charge in [-0.25, -0.2) is 14.3 Å². The maximum Gasteiger partial charge on any atom is 0.433 e. The van der Waals surface area contributed by atoms with E-state index in [2.05, 4.69) is 10.1 Å². The van der Waals surface area contributed by atoms with E-state index >= 15 is 0 Å². The zero-order valence-corrected chi connectivity index (χ0v) is 13.2. The van der Waals surface area contributed by atoms with Gasteiger partial charge >= 0.3 is 17.8 Å². The van der Waals surface area contributed by atoms with Crippen LogP contribution in [0.3, 0.4) is 0 Å². The number of aliphatic carboxylic acids is 1. The first-order valence-electron chi connectivity index (χ1n) is 7.60. The van der Waals surface area contributed by atoms with Gasteiger partial charge in [-0.15, -0.1) is 0 Å². The molecule has 1 aliphatic rings. The lowest BCUT2D eigenvalue weighted by Gasteiger charge is -2.24. The van der Waals surface area contributed by atoms with Crippen LogP contribution in [0.5, 0.6) is 0 Å². The molecule has 0 aromatic carbocycles. The average molecular weight is 356 g/mol. The molecule has 1 N–H and O–H groups in total. The average Bonchev–Trinajstić information content (AvgIpc) is 2.82. The van der Waals surface area contributed by atoms with Crippen molar-refractivity contribution in [3.8, 4) is 0 Å². The molecule has 0 saturated carbocycles. The molecule has 0 aliphatic carbocycles. The van der Waals surface area contributed by atoms with Gasteiger partial charge in [0.05, 0.1) is 6.54 Å². The maximum atomic E-state index is 12.5. The molecule has 3 rings (SSSR count). The van der Waals surface area contributed by atoms with Gasteiger partial charge in [-0.05, 0) is 24.0 Å². The zero-order chi connectivity index (χ0) is 18.4. The summed E-state index contributed by atoms with van der Waals surface area (Å²) in [5, 5.41) is 13.5. The first-order valence-corrected chi connectivity index (χ1v) is 7.60. The minimum atomic E-state index is -4.53. The van der Waals surface area contributed by atoms with Crippen molar-refractivity contribution in [1.29, 1.82) is 0 Å². The van der Waals surface area contributed by atoms with Gasteiger partial charge in [0.25, 0.3) is 0 Å². The Hall–Kier alpha value is -2.65. The van der Waals surface area contributed by atoms with Crippen LogP contribution in [0.15, 0.2) is 23.1 Å². The van der Waals surface area contributed by atoms with Crippen LogP contribution < -0.4 is 5.69 Å². The number of hydrogen-bond acceptors (Lipinski definition) is 4. The van der Waals surface area contributed by atoms with Crippen LogP contribution >= 0.6 is 0 Å². The van der Waals surface area contributed by atoms with Crippen molar-refractivity contribution < 1.29 is 23.1 Å². The predicted octanol–water partition coefficient (Wildman–Crippen LogP) is 1.71. The van der Waals surface area contributed by atoms with Gasteiger partial charge in [0.1, 0.15) is 17.6 Å². The molecule has 2 aromatic rings. The number of carboxylic acids is 1. The fraction of sp³-hybridized carbons (Fsp3) is 0.467. The van der Waals surface area contributed by atoms with E-state index in [4.69, 9.17) is 0 Å². The summed E-state index contributed by atoms with van der Waals surface area (Å²) < 4.78 is 39.8. The zero-order valence-electron chi connectivity index (χ0n) is 13.2. The molecular formula is C15H15F3N4O3. The summed E-state index contributed by atoms with van der Waals surface area (Å²) in [6.45, 7) is 1.80. The summed E-state index contributed by atoms with van der Waals surface area (Å²) in [6.07, 6.45) is -2.70. The van der Waals surface area contributed by atoms with Gasteiger partial charge in [0.2, 0.25) is 0 Å². The Balaban J connectivity index is 1.91. The lowest BCUT2D eigenvalue weighted by Crippen LogP contribution is -2.36. The fourth-order valence-electron chi connectivity index (χ4n) is 2.97. The second-order valence-electron chi connectivity index (χ2n) is 6.17. The Morgan fingerprint density at radius 1 is 1.40 bits per heavy atom. The van der Waals surface area contributed by atoms with Gasteiger partial charge in [-0.1, -0.05) is 13.0 Å². The molecule has 10 heteroatoms. The number of carbonyl (C=O) groups is 1. The van der Waals surface area contributed by atoms with E-state index in [0.29, 0.717) is 24.2 Å². The first-order chi connectivity index (χ1) is 11.7. The maximum absolute atomic E-state index is 12.5. The molecule has 2 atom stereocenters. The molecule has 1 aliphatic heterocycles. The van der Waals surface area contributed by atoms with Gasteiger partial charge < -0.3 is 5.11 Å². The van der Waals surface area contributed by atoms with Crippen LogP contribution in [0.1, 0.15) is 36.5 Å². The largest absolute Gasteiger partial charge is 0.480 e. The number of aromatic nitrogens is 4. The molecule has 0 radical (unpaired) electrons. The van der Waals surface area contributed by atoms with Crippen molar-refractivity contribution in [3.05, 3.63) is 45.9 Å². The SMILES string of the molecule is C[C@@H]1Cc2nn(Cc3ccc(C(F)(F)F)nc3)c(=O)n2[C@H](C(=O)O)C1. The van der Waals surface area contributed by atoms with Crippen LogP contribution in [0.4, 0.5) is 13.2 Å². The number of rotatable bonds is 3. The topological polar surface area (TPSA) is 90.0 Å². The van der Waals surface area contributed by atoms with E-state index in [1.807, 2.05) is 6.92 Å². The molecule has 0 fully saturated rings. The molecule has 0 unspecified atom stereocenters. The Labute approximate surface area is 139 Å². The summed E-state index contributed by atoms with van der Waals surface area (Å²) in [4.78, 5) is 27.2. The molecule has 7 nitrogen and oxygen atoms in total. The third-order valence-corrected chi connectivity index (χ3v) is 4.14. The summed E-state index contributed by atoms with van der Waals surface area (Å²) in [5.74, 6) is -0.668. The highest BCUT2D eigenvalue weighted by Gasteiger charge is 2.34. The fourth-order valence-corrected chi connectivity index (χ4v) is 2.97. The molecule has 3 heterocycles. The highest BCUT2D eigenvalue weighted by molar-refractivity contribution is 5.72. The van der Waals surface area contributed by atoms with Crippen molar-refractivity contribution in [1.82, 2.24) is 19.3 Å². The van der Waals surface area contributed by atoms with E-state index in [0.717, 1.165) is 21.5 Å². The Morgan fingerprint density at radius 2 is 2.12 bits per heavy atom. The van der Waals surface area contributed by atoms with E-state index < -0.39 is 29.6 Å². The Bertz CT molecular complexity index is 854. The van der Waals surface area contributed by atoms with E-state index in [1.165, 1.54) is 6.07 Å². The number of hydrogen-bond donors (Lipinski definition) is 1. The van der Waals surface area contributed by atoms with E-state index in [-0.39, 0.29) is 12.5 Å². The molecule has 134 valence electrons. The Kier molecular flexibility index (Phi) is 4.13. The second kappa shape index (κ2) is 6.01. The van der Waals surface area contributed by atoms with Gasteiger partial charge in [-0.2, -0.15) is 18.3 Å². The standard InChI is InChI=1S/C15H15F3N4O3/c1-8-4-10(13(23)24)22-12(5-8)20-21(14(22)25)7-9-2-3-11(19-6-9)15(16,17)18/h2-3,6,8,10H,4-5,7H2,1H3,(H,23,24)/t8-,10-/m0/s1. The van der Waals surface area contributed by atoms with Crippen molar-refractivity contribution in [2.45, 2.75) is 38.5 Å². The number of carboxylic acid groups (broad SMARTS) is 1. The first kappa shape index (κ1) is 17.2. The van der Waals surface area contributed by atoms with Crippen LogP contribution in [0, 0.1) is 5.92 Å². The van der Waals surface area contributed by atoms with Crippen LogP contribution in [0.25, 0.3) is 0 Å². The summed E-state index contributed by atoms with van der Waals surface area (Å²) in [7, 11) is 0. The van der Waals surface area contributed by atoms with Gasteiger partial charge in [-0.3, -0.25) is 9.55 Å². The third-order valence-electron chi connectivity index (χ3n) is 4.14. The molecule has 0 spiro atoms. The van der Waals surface area contributed by atoms with Crippen LogP contribution in [-0.2, 0) is 23.9 Å². The minimum Gasteiger partial charge on any atom is -0.480 e. The van der Waals surface area contributed by atoms with Crippen LogP contribution in [-0.4, -0.2) is 30.4 Å². The molecule has 0 bridgehead atoms. The highest BCUT2D eigenvalue weighted by atomic mass is 19.4. The number of fused-ring (bicyclic) bond motifs is 1. The lowest BCUT2D eigenvalue weighted by atomic mass is 9.94. The summed E-state index contributed by atoms with van der Waals surface area (Å²) >= 11 is 0. The number of halogens is 3. The van der Waals surface area contributed by atoms with Crippen molar-refractivity contribution in [2.24, 2.45) is 5.92 Å². The summed E-state index contributed by atoms with van der Waals surface area (Å²) in [5.41, 5.74) is -1.24. The van der Waals surface area contributed by atoms with Crippen LogP contribution in [0.2, 0.25) is 0 Å². The van der Waals surface area contributed by atoms with Crippen molar-refractivity contribution in [3.63, 3.8) is 0 Å². The third kappa shape index (κ3) is 3.28. The number of nitrogens with zero attached hydrogens (tertiary/aromatic N) is 4. The van der Waals surface area contributed by atoms with Crippen molar-refractivity contribution in [2.75, 3.05) is 0 Å². The smallest absolute Gasteiger partial charge is 0.433 e. The molecule has 0 amide bonds. The van der Waals surface area contributed by atoms with Gasteiger partial charge in [0, 0.05) is 12.6 Å². The Morgan fingerprint density at radius 3 is 2.68 bits per heavy atom. The number of pyridine rings is 1. The quantitative estimate of drug-likeness (QED) is 0.904. The monoisotopic (exact) mass is 356 g/mol. The number of alkyl halides is 3. The molecule has 25 heavy (non-hydrogen) atoms. The van der Waals surface area contributed by atoms with Crippen molar-refractivity contribution >= 4 is 5.97 Å². The molecule has 0 saturated heterocycles. The highest BCUT2D eigenvalue weighted by Crippen LogP contribution is 2.28. The lowest BCUT2D eigenvalue weighted by molar-refractivity contribution is -0.142. The minimum absolute atomic E-state index is 0.0663. The molecular weight excluding hydrogens is 341 g/mol.